The van der Waals surface area contributed by atoms with Crippen molar-refractivity contribution in [2.24, 2.45) is 0 Å². The van der Waals surface area contributed by atoms with Gasteiger partial charge in [-0.1, -0.05) is 17.7 Å². The van der Waals surface area contributed by atoms with E-state index in [-0.39, 0.29) is 10.6 Å². The zero-order valence-corrected chi connectivity index (χ0v) is 8.75. The van der Waals surface area contributed by atoms with Gasteiger partial charge < -0.3 is 5.32 Å². The first-order valence-corrected chi connectivity index (χ1v) is 4.80. The average molecular weight is 240 g/mol. The van der Waals surface area contributed by atoms with E-state index in [2.05, 4.69) is 15.5 Å². The van der Waals surface area contributed by atoms with E-state index in [1.807, 2.05) is 0 Å². The van der Waals surface area contributed by atoms with Gasteiger partial charge in [-0.2, -0.15) is 5.10 Å². The molecule has 0 bridgehead atoms. The number of anilines is 1. The Morgan fingerprint density at radius 1 is 1.50 bits per heavy atom. The quantitative estimate of drug-likeness (QED) is 0.846. The number of carbonyl (C=O) groups excluding carboxylic acids is 1. The first kappa shape index (κ1) is 10.6. The Labute approximate surface area is 95.4 Å². The van der Waals surface area contributed by atoms with Crippen LogP contribution in [0.15, 0.2) is 30.6 Å². The SMILES string of the molecule is O=C(Nc1cn[nH]c1)c1c(F)cccc1Cl. The Morgan fingerprint density at radius 2 is 2.31 bits per heavy atom. The summed E-state index contributed by atoms with van der Waals surface area (Å²) in [7, 11) is 0. The number of aromatic nitrogens is 2. The van der Waals surface area contributed by atoms with Gasteiger partial charge in [0, 0.05) is 6.20 Å². The number of carbonyl (C=O) groups is 1. The summed E-state index contributed by atoms with van der Waals surface area (Å²) in [6, 6.07) is 4.07. The van der Waals surface area contributed by atoms with Crippen LogP contribution in [0, 0.1) is 5.82 Å². The number of nitrogens with one attached hydrogen (secondary N) is 2. The maximum absolute atomic E-state index is 13.4. The van der Waals surface area contributed by atoms with Gasteiger partial charge in [0.1, 0.15) is 5.82 Å². The summed E-state index contributed by atoms with van der Waals surface area (Å²) >= 11 is 5.74. The molecule has 4 nitrogen and oxygen atoms in total. The summed E-state index contributed by atoms with van der Waals surface area (Å²) in [6.45, 7) is 0. The Hall–Kier alpha value is -1.88. The van der Waals surface area contributed by atoms with Crippen LogP contribution in [0.25, 0.3) is 0 Å². The van der Waals surface area contributed by atoms with Crippen molar-refractivity contribution in [3.63, 3.8) is 0 Å². The fraction of sp³-hybridized carbons (Fsp3) is 0. The van der Waals surface area contributed by atoms with Gasteiger partial charge in [-0.05, 0) is 12.1 Å². The van der Waals surface area contributed by atoms with E-state index in [4.69, 9.17) is 11.6 Å². The van der Waals surface area contributed by atoms with Crippen molar-refractivity contribution in [2.45, 2.75) is 0 Å². The number of nitrogens with zero attached hydrogens (tertiary/aromatic N) is 1. The normalized spacial score (nSPS) is 10.1. The third-order valence-electron chi connectivity index (χ3n) is 1.95. The van der Waals surface area contributed by atoms with Gasteiger partial charge >= 0.3 is 0 Å². The maximum atomic E-state index is 13.4. The highest BCUT2D eigenvalue weighted by atomic mass is 35.5. The third kappa shape index (κ3) is 2.04. The second kappa shape index (κ2) is 4.32. The van der Waals surface area contributed by atoms with Gasteiger partial charge in [-0.15, -0.1) is 0 Å². The molecule has 82 valence electrons. The van der Waals surface area contributed by atoms with E-state index in [0.29, 0.717) is 5.69 Å². The van der Waals surface area contributed by atoms with Crippen molar-refractivity contribution in [2.75, 3.05) is 5.32 Å². The molecule has 0 aliphatic carbocycles. The van der Waals surface area contributed by atoms with Gasteiger partial charge in [0.05, 0.1) is 22.5 Å². The molecule has 2 N–H and O–H groups in total. The molecular formula is C10H7ClFN3O. The number of aromatic amines is 1. The Bertz CT molecular complexity index is 493. The van der Waals surface area contributed by atoms with E-state index in [1.54, 1.807) is 0 Å². The summed E-state index contributed by atoms with van der Waals surface area (Å²) in [5.41, 5.74) is 0.273. The van der Waals surface area contributed by atoms with Gasteiger partial charge in [-0.3, -0.25) is 9.89 Å². The van der Waals surface area contributed by atoms with E-state index in [0.717, 1.165) is 0 Å². The van der Waals surface area contributed by atoms with Gasteiger partial charge in [-0.25, -0.2) is 4.39 Å². The van der Waals surface area contributed by atoms with Gasteiger partial charge in [0.15, 0.2) is 0 Å². The van der Waals surface area contributed by atoms with Gasteiger partial charge in [0.2, 0.25) is 0 Å². The molecule has 1 aromatic carbocycles. The molecule has 0 radical (unpaired) electrons. The zero-order chi connectivity index (χ0) is 11.5. The van der Waals surface area contributed by atoms with Crippen LogP contribution in [0.1, 0.15) is 10.4 Å². The molecular weight excluding hydrogens is 233 g/mol. The first-order chi connectivity index (χ1) is 7.68. The molecule has 0 spiro atoms. The second-order valence-corrected chi connectivity index (χ2v) is 3.44. The number of amides is 1. The van der Waals surface area contributed by atoms with Gasteiger partial charge in [0.25, 0.3) is 5.91 Å². The molecule has 0 saturated heterocycles. The van der Waals surface area contributed by atoms with Crippen LogP contribution in [0.4, 0.5) is 10.1 Å². The lowest BCUT2D eigenvalue weighted by atomic mass is 10.2. The van der Waals surface area contributed by atoms with E-state index in [9.17, 15) is 9.18 Å². The molecule has 1 amide bonds. The molecule has 16 heavy (non-hydrogen) atoms. The largest absolute Gasteiger partial charge is 0.319 e. The number of halogens is 2. The number of hydrogen-bond donors (Lipinski definition) is 2. The van der Waals surface area contributed by atoms with E-state index >= 15 is 0 Å². The minimum absolute atomic E-state index is 0.0704. The van der Waals surface area contributed by atoms with Crippen molar-refractivity contribution in [3.8, 4) is 0 Å². The third-order valence-corrected chi connectivity index (χ3v) is 2.26. The highest BCUT2D eigenvalue weighted by Gasteiger charge is 2.15. The summed E-state index contributed by atoms with van der Waals surface area (Å²) in [5.74, 6) is -1.27. The van der Waals surface area contributed by atoms with E-state index in [1.165, 1.54) is 30.6 Å². The molecule has 2 rings (SSSR count). The van der Waals surface area contributed by atoms with Crippen LogP contribution >= 0.6 is 11.6 Å². The monoisotopic (exact) mass is 239 g/mol. The summed E-state index contributed by atoms with van der Waals surface area (Å²) in [4.78, 5) is 11.7. The molecule has 0 fully saturated rings. The second-order valence-electron chi connectivity index (χ2n) is 3.04. The fourth-order valence-corrected chi connectivity index (χ4v) is 1.48. The van der Waals surface area contributed by atoms with Crippen LogP contribution in [0.2, 0.25) is 5.02 Å². The van der Waals surface area contributed by atoms with Crippen LogP contribution < -0.4 is 5.32 Å². The summed E-state index contributed by atoms with van der Waals surface area (Å²) in [5, 5.41) is 8.70. The highest BCUT2D eigenvalue weighted by molar-refractivity contribution is 6.34. The lowest BCUT2D eigenvalue weighted by Crippen LogP contribution is -2.13. The predicted molar refractivity (Wildman–Crippen MR) is 58.0 cm³/mol. The lowest BCUT2D eigenvalue weighted by molar-refractivity contribution is 0.102. The number of H-pyrrole nitrogens is 1. The molecule has 0 atom stereocenters. The smallest absolute Gasteiger partial charge is 0.260 e. The molecule has 0 aliphatic rings. The molecule has 0 saturated carbocycles. The Morgan fingerprint density at radius 3 is 2.94 bits per heavy atom. The van der Waals surface area contributed by atoms with Crippen molar-refractivity contribution < 1.29 is 9.18 Å². The number of rotatable bonds is 2. The minimum atomic E-state index is -0.659. The van der Waals surface area contributed by atoms with Crippen LogP contribution in [-0.4, -0.2) is 16.1 Å². The predicted octanol–water partition coefficient (Wildman–Crippen LogP) is 2.45. The highest BCUT2D eigenvalue weighted by Crippen LogP contribution is 2.20. The van der Waals surface area contributed by atoms with Crippen molar-refractivity contribution in [1.82, 2.24) is 10.2 Å². The zero-order valence-electron chi connectivity index (χ0n) is 8.00. The first-order valence-electron chi connectivity index (χ1n) is 4.42. The lowest BCUT2D eigenvalue weighted by Gasteiger charge is -2.05. The molecule has 2 aromatic rings. The maximum Gasteiger partial charge on any atom is 0.260 e. The topological polar surface area (TPSA) is 57.8 Å². The standard InChI is InChI=1S/C10H7ClFN3O/c11-7-2-1-3-8(12)9(7)10(16)15-6-4-13-14-5-6/h1-5H,(H,13,14)(H,15,16). The summed E-state index contributed by atoms with van der Waals surface area (Å²) in [6.07, 6.45) is 2.89. The Balaban J connectivity index is 2.28. The van der Waals surface area contributed by atoms with Crippen molar-refractivity contribution >= 4 is 23.2 Å². The number of benzene rings is 1. The van der Waals surface area contributed by atoms with Crippen LogP contribution in [-0.2, 0) is 0 Å². The molecule has 1 aromatic heterocycles. The molecule has 1 heterocycles. The molecule has 0 aliphatic heterocycles. The fourth-order valence-electron chi connectivity index (χ4n) is 1.23. The average Bonchev–Trinajstić information content (AvgIpc) is 2.70. The van der Waals surface area contributed by atoms with Crippen LogP contribution in [0.5, 0.6) is 0 Å². The number of hydrogen-bond acceptors (Lipinski definition) is 2. The van der Waals surface area contributed by atoms with Crippen molar-refractivity contribution in [1.29, 1.82) is 0 Å². The Kier molecular flexibility index (Phi) is 2.87. The molecule has 0 unspecified atom stereocenters. The molecule has 6 heteroatoms. The van der Waals surface area contributed by atoms with Crippen LogP contribution in [0.3, 0.4) is 0 Å². The van der Waals surface area contributed by atoms with Crippen molar-refractivity contribution in [3.05, 3.63) is 47.0 Å². The minimum Gasteiger partial charge on any atom is -0.319 e. The summed E-state index contributed by atoms with van der Waals surface area (Å²) < 4.78 is 13.4. The van der Waals surface area contributed by atoms with E-state index < -0.39 is 11.7 Å².